The summed E-state index contributed by atoms with van der Waals surface area (Å²) in [5, 5.41) is 2.18. The molecule has 0 unspecified atom stereocenters. The average Bonchev–Trinajstić information content (AvgIpc) is 2.74. The number of fused-ring (bicyclic) bond motifs is 3. The Morgan fingerprint density at radius 2 is 1.75 bits per heavy atom. The molecule has 0 saturated heterocycles. The average molecular weight is 267 g/mol. The van der Waals surface area contributed by atoms with Crippen molar-refractivity contribution in [1.29, 1.82) is 0 Å². The van der Waals surface area contributed by atoms with Gasteiger partial charge in [0.05, 0.1) is 17.6 Å². The van der Waals surface area contributed by atoms with Crippen molar-refractivity contribution in [3.63, 3.8) is 0 Å². The molecule has 1 heterocycles. The van der Waals surface area contributed by atoms with Gasteiger partial charge in [0.2, 0.25) is 0 Å². The van der Waals surface area contributed by atoms with Gasteiger partial charge in [-0.05, 0) is 50.1 Å². The second-order valence-electron chi connectivity index (χ2n) is 5.01. The smallest absolute Gasteiger partial charge is 0.418 e. The molecule has 0 atom stereocenters. The van der Waals surface area contributed by atoms with Gasteiger partial charge in [-0.3, -0.25) is 0 Å². The molecule has 102 valence electrons. The number of hydrogen-bond acceptors (Lipinski definition) is 2. The molecule has 0 aliphatic carbocycles. The van der Waals surface area contributed by atoms with Crippen LogP contribution in [0.2, 0.25) is 0 Å². The Bertz CT molecular complexity index is 815. The summed E-state index contributed by atoms with van der Waals surface area (Å²) in [6.45, 7) is 6.34. The molecule has 3 heteroatoms. The third-order valence-corrected chi connectivity index (χ3v) is 3.74. The van der Waals surface area contributed by atoms with Crippen molar-refractivity contribution in [1.82, 2.24) is 4.57 Å². The number of hydrogen-bond donors (Lipinski definition) is 0. The highest BCUT2D eigenvalue weighted by atomic mass is 16.5. The molecule has 0 N–H and O–H groups in total. The van der Waals surface area contributed by atoms with E-state index in [0.717, 1.165) is 21.8 Å². The first-order valence-corrected chi connectivity index (χ1v) is 6.81. The van der Waals surface area contributed by atoms with Crippen LogP contribution < -0.4 is 0 Å². The fourth-order valence-corrected chi connectivity index (χ4v) is 2.61. The number of benzene rings is 2. The summed E-state index contributed by atoms with van der Waals surface area (Å²) in [5.41, 5.74) is 4.20. The summed E-state index contributed by atoms with van der Waals surface area (Å²) in [7, 11) is 0. The molecule has 0 radical (unpaired) electrons. The van der Waals surface area contributed by atoms with Gasteiger partial charge in [-0.1, -0.05) is 18.2 Å². The normalized spacial score (nSPS) is 11.2. The van der Waals surface area contributed by atoms with Crippen molar-refractivity contribution in [2.75, 3.05) is 6.61 Å². The van der Waals surface area contributed by atoms with E-state index >= 15 is 0 Å². The monoisotopic (exact) mass is 267 g/mol. The highest BCUT2D eigenvalue weighted by Crippen LogP contribution is 2.31. The zero-order valence-corrected chi connectivity index (χ0v) is 11.9. The highest BCUT2D eigenvalue weighted by molar-refractivity contribution is 6.12. The van der Waals surface area contributed by atoms with Gasteiger partial charge in [0.15, 0.2) is 0 Å². The molecule has 2 aromatic carbocycles. The summed E-state index contributed by atoms with van der Waals surface area (Å²) in [6, 6.07) is 12.1. The molecule has 3 nitrogen and oxygen atoms in total. The van der Waals surface area contributed by atoms with Crippen molar-refractivity contribution in [2.24, 2.45) is 0 Å². The van der Waals surface area contributed by atoms with Gasteiger partial charge in [-0.2, -0.15) is 0 Å². The van der Waals surface area contributed by atoms with Crippen molar-refractivity contribution >= 4 is 27.9 Å². The summed E-state index contributed by atoms with van der Waals surface area (Å²) >= 11 is 0. The van der Waals surface area contributed by atoms with E-state index < -0.39 is 0 Å². The molecule has 0 spiro atoms. The number of rotatable bonds is 1. The van der Waals surface area contributed by atoms with Crippen LogP contribution in [0, 0.1) is 13.8 Å². The largest absolute Gasteiger partial charge is 0.449 e. The molecular formula is C17H17NO2. The zero-order chi connectivity index (χ0) is 14.3. The first-order chi connectivity index (χ1) is 9.63. The van der Waals surface area contributed by atoms with Gasteiger partial charge >= 0.3 is 6.09 Å². The van der Waals surface area contributed by atoms with Crippen molar-refractivity contribution in [2.45, 2.75) is 20.8 Å². The van der Waals surface area contributed by atoms with Crippen LogP contribution in [0.3, 0.4) is 0 Å². The molecule has 3 rings (SSSR count). The van der Waals surface area contributed by atoms with Crippen molar-refractivity contribution in [3.05, 3.63) is 47.5 Å². The van der Waals surface area contributed by atoms with Gasteiger partial charge in [0, 0.05) is 10.8 Å². The number of para-hydroxylation sites is 1. The van der Waals surface area contributed by atoms with E-state index in [2.05, 4.69) is 26.0 Å². The zero-order valence-electron chi connectivity index (χ0n) is 11.9. The lowest BCUT2D eigenvalue weighted by molar-refractivity contribution is 0.156. The van der Waals surface area contributed by atoms with Crippen LogP contribution in [-0.4, -0.2) is 17.3 Å². The van der Waals surface area contributed by atoms with Gasteiger partial charge in [-0.25, -0.2) is 9.36 Å². The second-order valence-corrected chi connectivity index (χ2v) is 5.01. The summed E-state index contributed by atoms with van der Waals surface area (Å²) < 4.78 is 6.86. The Balaban J connectivity index is 2.45. The Labute approximate surface area is 117 Å². The maximum absolute atomic E-state index is 12.3. The number of carbonyl (C=O) groups is 1. The minimum absolute atomic E-state index is 0.318. The van der Waals surface area contributed by atoms with E-state index in [1.165, 1.54) is 11.1 Å². The molecule has 0 aliphatic rings. The molecule has 3 aromatic rings. The van der Waals surface area contributed by atoms with E-state index in [-0.39, 0.29) is 6.09 Å². The number of aryl methyl sites for hydroxylation is 2. The van der Waals surface area contributed by atoms with Crippen LogP contribution in [0.1, 0.15) is 18.1 Å². The first-order valence-electron chi connectivity index (χ1n) is 6.81. The molecular weight excluding hydrogens is 250 g/mol. The predicted molar refractivity (Wildman–Crippen MR) is 81.3 cm³/mol. The van der Waals surface area contributed by atoms with Gasteiger partial charge in [0.25, 0.3) is 0 Å². The van der Waals surface area contributed by atoms with Crippen LogP contribution in [0.5, 0.6) is 0 Å². The predicted octanol–water partition coefficient (Wildman–Crippen LogP) is 4.42. The quantitative estimate of drug-likeness (QED) is 0.653. The molecule has 0 saturated carbocycles. The number of aromatic nitrogens is 1. The summed E-state index contributed by atoms with van der Waals surface area (Å²) in [4.78, 5) is 12.3. The third kappa shape index (κ3) is 1.78. The highest BCUT2D eigenvalue weighted by Gasteiger charge is 2.17. The van der Waals surface area contributed by atoms with Crippen molar-refractivity contribution in [3.8, 4) is 0 Å². The Morgan fingerprint density at radius 3 is 2.50 bits per heavy atom. The standard InChI is InChI=1S/C17H17NO2/c1-4-20-17(19)18-15-8-6-5-7-13(15)14-9-11(2)12(3)10-16(14)18/h5-10H,4H2,1-3H3. The lowest BCUT2D eigenvalue weighted by Gasteiger charge is -2.07. The number of nitrogens with zero attached hydrogens (tertiary/aromatic N) is 1. The van der Waals surface area contributed by atoms with E-state index in [9.17, 15) is 4.79 Å². The minimum atomic E-state index is -0.318. The molecule has 0 aliphatic heterocycles. The third-order valence-electron chi connectivity index (χ3n) is 3.74. The summed E-state index contributed by atoms with van der Waals surface area (Å²) in [5.74, 6) is 0. The maximum atomic E-state index is 12.3. The Hall–Kier alpha value is -2.29. The Kier molecular flexibility index (Phi) is 2.97. The fourth-order valence-electron chi connectivity index (χ4n) is 2.61. The van der Waals surface area contributed by atoms with E-state index in [1.54, 1.807) is 4.57 Å². The molecule has 0 amide bonds. The first kappa shape index (κ1) is 12.7. The van der Waals surface area contributed by atoms with Crippen LogP contribution >= 0.6 is 0 Å². The van der Waals surface area contributed by atoms with Gasteiger partial charge < -0.3 is 4.74 Å². The van der Waals surface area contributed by atoms with E-state index in [0.29, 0.717) is 6.61 Å². The second kappa shape index (κ2) is 4.67. The van der Waals surface area contributed by atoms with E-state index in [4.69, 9.17) is 4.74 Å². The molecule has 0 fully saturated rings. The van der Waals surface area contributed by atoms with Gasteiger partial charge in [-0.15, -0.1) is 0 Å². The molecule has 0 bridgehead atoms. The molecule has 1 aromatic heterocycles. The van der Waals surface area contributed by atoms with E-state index in [1.807, 2.05) is 31.2 Å². The maximum Gasteiger partial charge on any atom is 0.418 e. The lowest BCUT2D eigenvalue weighted by atomic mass is 10.1. The van der Waals surface area contributed by atoms with Crippen LogP contribution in [-0.2, 0) is 4.74 Å². The molecule has 20 heavy (non-hydrogen) atoms. The van der Waals surface area contributed by atoms with Crippen molar-refractivity contribution < 1.29 is 9.53 Å². The van der Waals surface area contributed by atoms with Gasteiger partial charge in [0.1, 0.15) is 0 Å². The number of ether oxygens (including phenoxy) is 1. The minimum Gasteiger partial charge on any atom is -0.449 e. The van der Waals surface area contributed by atoms with Crippen LogP contribution in [0.4, 0.5) is 4.79 Å². The lowest BCUT2D eigenvalue weighted by Crippen LogP contribution is -2.13. The summed E-state index contributed by atoms with van der Waals surface area (Å²) in [6.07, 6.45) is -0.318. The fraction of sp³-hybridized carbons (Fsp3) is 0.235. The van der Waals surface area contributed by atoms with Crippen LogP contribution in [0.15, 0.2) is 36.4 Å². The van der Waals surface area contributed by atoms with Crippen LogP contribution in [0.25, 0.3) is 21.8 Å². The Morgan fingerprint density at radius 1 is 1.05 bits per heavy atom. The SMILES string of the molecule is CCOC(=O)n1c2ccccc2c2cc(C)c(C)cc21. The number of carbonyl (C=O) groups excluding carboxylic acids is 1. The topological polar surface area (TPSA) is 31.2 Å².